The third kappa shape index (κ3) is 5.33. The molecule has 2 rings (SSSR count). The fourth-order valence-corrected chi connectivity index (χ4v) is 5.01. The molecule has 0 saturated carbocycles. The molecule has 1 N–H and O–H groups in total. The zero-order valence-corrected chi connectivity index (χ0v) is 16.8. The molecule has 0 atom stereocenters. The van der Waals surface area contributed by atoms with Crippen molar-refractivity contribution in [1.29, 1.82) is 0 Å². The van der Waals surface area contributed by atoms with Crippen LogP contribution in [-0.4, -0.2) is 38.3 Å². The van der Waals surface area contributed by atoms with Crippen LogP contribution in [0, 0.1) is 11.8 Å². The topological polar surface area (TPSA) is 66.5 Å². The normalized spacial score (nSPS) is 17.0. The zero-order valence-electron chi connectivity index (χ0n) is 14.5. The summed E-state index contributed by atoms with van der Waals surface area (Å²) in [5, 5.41) is 3.41. The van der Waals surface area contributed by atoms with Crippen molar-refractivity contribution < 1.29 is 13.2 Å². The number of amides is 1. The van der Waals surface area contributed by atoms with Crippen LogP contribution in [0.25, 0.3) is 0 Å². The lowest BCUT2D eigenvalue weighted by Crippen LogP contribution is -2.43. The second kappa shape index (κ2) is 8.71. The summed E-state index contributed by atoms with van der Waals surface area (Å²) >= 11 is 11.9. The second-order valence-electron chi connectivity index (χ2n) is 6.73. The molecule has 0 aliphatic carbocycles. The van der Waals surface area contributed by atoms with Gasteiger partial charge in [-0.05, 0) is 43.4 Å². The number of nitrogens with one attached hydrogen (secondary N) is 1. The number of nitrogens with zero attached hydrogens (tertiary/aromatic N) is 1. The second-order valence-corrected chi connectivity index (χ2v) is 9.48. The van der Waals surface area contributed by atoms with E-state index in [0.717, 1.165) is 6.42 Å². The number of sulfonamides is 1. The van der Waals surface area contributed by atoms with Gasteiger partial charge in [0.25, 0.3) is 0 Å². The van der Waals surface area contributed by atoms with Gasteiger partial charge in [0.05, 0.1) is 5.02 Å². The van der Waals surface area contributed by atoms with Gasteiger partial charge in [-0.1, -0.05) is 37.0 Å². The average molecular weight is 407 g/mol. The molecule has 1 fully saturated rings. The number of halogens is 2. The van der Waals surface area contributed by atoms with Crippen LogP contribution in [0.2, 0.25) is 10.0 Å². The summed E-state index contributed by atoms with van der Waals surface area (Å²) in [6.07, 6.45) is 1.95. The van der Waals surface area contributed by atoms with Crippen molar-refractivity contribution in [3.8, 4) is 0 Å². The number of hydrogen-bond acceptors (Lipinski definition) is 3. The van der Waals surface area contributed by atoms with Gasteiger partial charge in [-0.25, -0.2) is 8.42 Å². The van der Waals surface area contributed by atoms with E-state index in [0.29, 0.717) is 43.4 Å². The molecule has 1 aromatic carbocycles. The van der Waals surface area contributed by atoms with Gasteiger partial charge in [-0.3, -0.25) is 4.79 Å². The molecule has 0 bridgehead atoms. The first kappa shape index (κ1) is 20.5. The van der Waals surface area contributed by atoms with E-state index in [2.05, 4.69) is 19.2 Å². The van der Waals surface area contributed by atoms with E-state index in [-0.39, 0.29) is 21.7 Å². The number of carbonyl (C=O) groups is 1. The monoisotopic (exact) mass is 406 g/mol. The number of benzene rings is 1. The minimum absolute atomic E-state index is 0.0125. The number of carbonyl (C=O) groups excluding carboxylic acids is 1. The molecule has 25 heavy (non-hydrogen) atoms. The Hall–Kier alpha value is -0.820. The molecule has 1 aliphatic rings. The molecule has 1 amide bonds. The minimum atomic E-state index is -3.71. The van der Waals surface area contributed by atoms with Gasteiger partial charge in [-0.15, -0.1) is 0 Å². The van der Waals surface area contributed by atoms with Crippen molar-refractivity contribution >= 4 is 39.1 Å². The summed E-state index contributed by atoms with van der Waals surface area (Å²) in [7, 11) is -3.71. The standard InChI is InChI=1S/C17H24Cl2N2O3S/c1-12(2)5-8-20-17(22)13-6-9-21(10-7-13)25(23,24)16-11-14(18)3-4-15(16)19/h3-4,11-13H,5-10H2,1-2H3,(H,20,22). The van der Waals surface area contributed by atoms with Gasteiger partial charge in [0, 0.05) is 30.6 Å². The lowest BCUT2D eigenvalue weighted by Gasteiger charge is -2.30. The van der Waals surface area contributed by atoms with E-state index in [1.165, 1.54) is 16.4 Å². The molecule has 1 heterocycles. The van der Waals surface area contributed by atoms with Crippen LogP contribution in [-0.2, 0) is 14.8 Å². The Morgan fingerprint density at radius 2 is 1.92 bits per heavy atom. The van der Waals surface area contributed by atoms with Gasteiger partial charge >= 0.3 is 0 Å². The highest BCUT2D eigenvalue weighted by Crippen LogP contribution is 2.30. The number of piperidine rings is 1. The summed E-state index contributed by atoms with van der Waals surface area (Å²) in [6, 6.07) is 4.40. The maximum atomic E-state index is 12.8. The summed E-state index contributed by atoms with van der Waals surface area (Å²) in [5.74, 6) is 0.404. The van der Waals surface area contributed by atoms with Crippen molar-refractivity contribution in [2.75, 3.05) is 19.6 Å². The van der Waals surface area contributed by atoms with Crippen LogP contribution >= 0.6 is 23.2 Å². The van der Waals surface area contributed by atoms with E-state index < -0.39 is 10.0 Å². The van der Waals surface area contributed by atoms with E-state index >= 15 is 0 Å². The predicted octanol–water partition coefficient (Wildman–Crippen LogP) is 3.56. The summed E-state index contributed by atoms with van der Waals surface area (Å²) in [4.78, 5) is 12.2. The Balaban J connectivity index is 1.97. The van der Waals surface area contributed by atoms with Crippen molar-refractivity contribution in [3.05, 3.63) is 28.2 Å². The third-order valence-corrected chi connectivity index (χ3v) is 6.97. The quantitative estimate of drug-likeness (QED) is 0.784. The summed E-state index contributed by atoms with van der Waals surface area (Å²) in [5.41, 5.74) is 0. The predicted molar refractivity (Wildman–Crippen MR) is 100 cm³/mol. The first-order valence-electron chi connectivity index (χ1n) is 8.44. The van der Waals surface area contributed by atoms with Gasteiger partial charge in [0.2, 0.25) is 15.9 Å². The Morgan fingerprint density at radius 1 is 1.28 bits per heavy atom. The average Bonchev–Trinajstić information content (AvgIpc) is 2.56. The van der Waals surface area contributed by atoms with Crippen LogP contribution in [0.5, 0.6) is 0 Å². The first-order chi connectivity index (χ1) is 11.7. The van der Waals surface area contributed by atoms with Gasteiger partial charge < -0.3 is 5.32 Å². The van der Waals surface area contributed by atoms with E-state index in [1.54, 1.807) is 6.07 Å². The molecule has 0 aromatic heterocycles. The smallest absolute Gasteiger partial charge is 0.244 e. The SMILES string of the molecule is CC(C)CCNC(=O)C1CCN(S(=O)(=O)c2cc(Cl)ccc2Cl)CC1. The molecule has 0 spiro atoms. The highest BCUT2D eigenvalue weighted by molar-refractivity contribution is 7.89. The lowest BCUT2D eigenvalue weighted by atomic mass is 9.97. The molecule has 1 aromatic rings. The van der Waals surface area contributed by atoms with Crippen LogP contribution in [0.4, 0.5) is 0 Å². The molecular formula is C17H24Cl2N2O3S. The van der Waals surface area contributed by atoms with Crippen molar-refractivity contribution in [3.63, 3.8) is 0 Å². The first-order valence-corrected chi connectivity index (χ1v) is 10.6. The maximum absolute atomic E-state index is 12.8. The maximum Gasteiger partial charge on any atom is 0.244 e. The highest BCUT2D eigenvalue weighted by atomic mass is 35.5. The fourth-order valence-electron chi connectivity index (χ4n) is 2.80. The molecule has 1 saturated heterocycles. The Bertz CT molecular complexity index is 715. The minimum Gasteiger partial charge on any atom is -0.356 e. The van der Waals surface area contributed by atoms with E-state index in [9.17, 15) is 13.2 Å². The largest absolute Gasteiger partial charge is 0.356 e. The molecular weight excluding hydrogens is 383 g/mol. The van der Waals surface area contributed by atoms with Crippen molar-refractivity contribution in [2.24, 2.45) is 11.8 Å². The van der Waals surface area contributed by atoms with Gasteiger partial charge in [0.15, 0.2) is 0 Å². The van der Waals surface area contributed by atoms with Crippen LogP contribution < -0.4 is 5.32 Å². The molecule has 5 nitrogen and oxygen atoms in total. The Kier molecular flexibility index (Phi) is 7.14. The van der Waals surface area contributed by atoms with E-state index in [4.69, 9.17) is 23.2 Å². The van der Waals surface area contributed by atoms with Gasteiger partial charge in [0.1, 0.15) is 4.90 Å². The summed E-state index contributed by atoms with van der Waals surface area (Å²) < 4.78 is 26.9. The highest BCUT2D eigenvalue weighted by Gasteiger charge is 2.33. The van der Waals surface area contributed by atoms with Crippen LogP contribution in [0.1, 0.15) is 33.1 Å². The van der Waals surface area contributed by atoms with Gasteiger partial charge in [-0.2, -0.15) is 4.31 Å². The molecule has 0 radical (unpaired) electrons. The summed E-state index contributed by atoms with van der Waals surface area (Å²) in [6.45, 7) is 5.47. The fraction of sp³-hybridized carbons (Fsp3) is 0.588. The van der Waals surface area contributed by atoms with Crippen molar-refractivity contribution in [1.82, 2.24) is 9.62 Å². The van der Waals surface area contributed by atoms with Crippen molar-refractivity contribution in [2.45, 2.75) is 38.0 Å². The lowest BCUT2D eigenvalue weighted by molar-refractivity contribution is -0.126. The molecule has 1 aliphatic heterocycles. The Labute approximate surface area is 159 Å². The molecule has 8 heteroatoms. The van der Waals surface area contributed by atoms with Crippen LogP contribution in [0.15, 0.2) is 23.1 Å². The Morgan fingerprint density at radius 3 is 2.52 bits per heavy atom. The van der Waals surface area contributed by atoms with Crippen LogP contribution in [0.3, 0.4) is 0 Å². The molecule has 140 valence electrons. The number of rotatable bonds is 6. The number of hydrogen-bond donors (Lipinski definition) is 1. The van der Waals surface area contributed by atoms with E-state index in [1.807, 2.05) is 0 Å². The third-order valence-electron chi connectivity index (χ3n) is 4.36. The molecule has 0 unspecified atom stereocenters. The zero-order chi connectivity index (χ0) is 18.6.